The number of benzene rings is 1. The summed E-state index contributed by atoms with van der Waals surface area (Å²) >= 11 is 0. The summed E-state index contributed by atoms with van der Waals surface area (Å²) in [7, 11) is 0. The van der Waals surface area contributed by atoms with E-state index in [9.17, 15) is 9.59 Å². The van der Waals surface area contributed by atoms with Crippen molar-refractivity contribution in [2.75, 3.05) is 0 Å². The zero-order valence-electron chi connectivity index (χ0n) is 18.3. The van der Waals surface area contributed by atoms with Gasteiger partial charge in [0.05, 0.1) is 18.3 Å². The molecule has 2 amide bonds. The first-order chi connectivity index (χ1) is 15.0. The highest BCUT2D eigenvalue weighted by Gasteiger charge is 2.63. The van der Waals surface area contributed by atoms with Crippen molar-refractivity contribution in [2.24, 2.45) is 5.41 Å². The van der Waals surface area contributed by atoms with Crippen molar-refractivity contribution in [3.05, 3.63) is 60.2 Å². The van der Waals surface area contributed by atoms with E-state index >= 15 is 0 Å². The van der Waals surface area contributed by atoms with E-state index in [1.165, 1.54) is 5.56 Å². The van der Waals surface area contributed by atoms with Crippen LogP contribution in [0.15, 0.2) is 48.9 Å². The van der Waals surface area contributed by atoms with E-state index in [2.05, 4.69) is 38.8 Å². The van der Waals surface area contributed by atoms with E-state index in [4.69, 9.17) is 0 Å². The van der Waals surface area contributed by atoms with Crippen LogP contribution in [0, 0.1) is 5.41 Å². The van der Waals surface area contributed by atoms with Crippen molar-refractivity contribution in [1.29, 1.82) is 0 Å². The minimum atomic E-state index is -0.0854. The average Bonchev–Trinajstić information content (AvgIpc) is 2.93. The predicted octanol–water partition coefficient (Wildman–Crippen LogP) is 3.48. The number of likely N-dealkylation sites (tertiary alicyclic amines) is 2. The van der Waals surface area contributed by atoms with Crippen LogP contribution in [0.4, 0.5) is 0 Å². The molecule has 1 aromatic carbocycles. The monoisotopic (exact) mass is 418 g/mol. The first kappa shape index (κ1) is 20.2. The molecule has 3 heterocycles. The zero-order valence-corrected chi connectivity index (χ0v) is 18.3. The average molecular weight is 419 g/mol. The number of rotatable bonds is 3. The quantitative estimate of drug-likeness (QED) is 0.765. The lowest BCUT2D eigenvalue weighted by Gasteiger charge is -2.50. The number of hydrogen-bond donors (Lipinski definition) is 0. The molecule has 0 N–H and O–H groups in total. The molecule has 162 valence electrons. The third-order valence-corrected chi connectivity index (χ3v) is 7.87. The largest absolute Gasteiger partial charge is 0.334 e. The summed E-state index contributed by atoms with van der Waals surface area (Å²) in [6.07, 6.45) is 10.6. The lowest BCUT2D eigenvalue weighted by Crippen LogP contribution is -2.61. The van der Waals surface area contributed by atoms with Gasteiger partial charge in [0, 0.05) is 36.8 Å². The smallest absolute Gasteiger partial charge is 0.274 e. The van der Waals surface area contributed by atoms with E-state index in [0.717, 1.165) is 38.5 Å². The normalized spacial score (nSPS) is 31.9. The lowest BCUT2D eigenvalue weighted by atomic mass is 9.69. The standard InChI is InChI=1S/C25H30N4O2/c1-17(30)28-20(14-18-8-4-3-5-9-18)21-15-25(2)22(28)10-6-7-11-23(25)29(21)24(31)19-16-26-12-13-27-19/h3-5,8-9,12-13,16,20-23H,6-7,10-11,14-15H2,1-2H3/t20-,21-,22+,23-,25+/m0/s1. The first-order valence-corrected chi connectivity index (χ1v) is 11.4. The Hall–Kier alpha value is -2.76. The van der Waals surface area contributed by atoms with Crippen molar-refractivity contribution < 1.29 is 9.59 Å². The molecule has 5 atom stereocenters. The van der Waals surface area contributed by atoms with Gasteiger partial charge in [-0.3, -0.25) is 14.6 Å². The van der Waals surface area contributed by atoms with Crippen LogP contribution in [-0.4, -0.2) is 55.7 Å². The molecular weight excluding hydrogens is 388 g/mol. The fourth-order valence-electron chi connectivity index (χ4n) is 6.64. The minimum Gasteiger partial charge on any atom is -0.334 e. The molecule has 2 aromatic rings. The maximum atomic E-state index is 13.7. The molecule has 0 spiro atoms. The summed E-state index contributed by atoms with van der Waals surface area (Å²) < 4.78 is 0. The van der Waals surface area contributed by atoms with E-state index in [0.29, 0.717) is 5.69 Å². The molecule has 2 saturated heterocycles. The fourth-order valence-corrected chi connectivity index (χ4v) is 6.64. The van der Waals surface area contributed by atoms with Gasteiger partial charge in [0.2, 0.25) is 5.91 Å². The number of hydrogen-bond acceptors (Lipinski definition) is 4. The van der Waals surface area contributed by atoms with Gasteiger partial charge in [-0.15, -0.1) is 0 Å². The Bertz CT molecular complexity index is 966. The molecule has 5 rings (SSSR count). The van der Waals surface area contributed by atoms with Crippen molar-refractivity contribution >= 4 is 11.8 Å². The number of piperidine rings is 1. The summed E-state index contributed by atoms with van der Waals surface area (Å²) in [5, 5.41) is 0. The predicted molar refractivity (Wildman–Crippen MR) is 117 cm³/mol. The zero-order chi connectivity index (χ0) is 21.6. The van der Waals surface area contributed by atoms with Gasteiger partial charge in [-0.25, -0.2) is 4.98 Å². The Labute approximate surface area is 183 Å². The highest BCUT2D eigenvalue weighted by atomic mass is 16.2. The highest BCUT2D eigenvalue weighted by molar-refractivity contribution is 5.93. The van der Waals surface area contributed by atoms with Gasteiger partial charge in [0.15, 0.2) is 0 Å². The first-order valence-electron chi connectivity index (χ1n) is 11.4. The Kier molecular flexibility index (Phi) is 5.03. The molecule has 1 aliphatic carbocycles. The second-order valence-electron chi connectivity index (χ2n) is 9.58. The van der Waals surface area contributed by atoms with Gasteiger partial charge in [0.25, 0.3) is 5.91 Å². The molecule has 0 unspecified atom stereocenters. The van der Waals surface area contributed by atoms with E-state index in [-0.39, 0.29) is 41.4 Å². The molecule has 1 saturated carbocycles. The number of aromatic nitrogens is 2. The van der Waals surface area contributed by atoms with Crippen LogP contribution >= 0.6 is 0 Å². The molecule has 2 aliphatic heterocycles. The highest BCUT2D eigenvalue weighted by Crippen LogP contribution is 2.55. The van der Waals surface area contributed by atoms with Crippen molar-refractivity contribution in [2.45, 2.75) is 76.5 Å². The molecule has 0 radical (unpaired) electrons. The summed E-state index contributed by atoms with van der Waals surface area (Å²) in [4.78, 5) is 39.4. The third kappa shape index (κ3) is 3.24. The Morgan fingerprint density at radius 2 is 1.77 bits per heavy atom. The van der Waals surface area contributed by atoms with Crippen LogP contribution in [0.1, 0.15) is 62.0 Å². The molecule has 3 fully saturated rings. The summed E-state index contributed by atoms with van der Waals surface area (Å²) in [6, 6.07) is 10.6. The van der Waals surface area contributed by atoms with Crippen molar-refractivity contribution in [3.63, 3.8) is 0 Å². The fraction of sp³-hybridized carbons (Fsp3) is 0.520. The van der Waals surface area contributed by atoms with E-state index in [1.807, 2.05) is 18.2 Å². The van der Waals surface area contributed by atoms with Crippen LogP contribution in [0.3, 0.4) is 0 Å². The molecule has 6 heteroatoms. The van der Waals surface area contributed by atoms with Gasteiger partial charge in [0.1, 0.15) is 5.69 Å². The Morgan fingerprint density at radius 3 is 2.42 bits per heavy atom. The van der Waals surface area contributed by atoms with Gasteiger partial charge >= 0.3 is 0 Å². The molecule has 6 nitrogen and oxygen atoms in total. The molecule has 2 bridgehead atoms. The van der Waals surface area contributed by atoms with Crippen LogP contribution in [0.25, 0.3) is 0 Å². The van der Waals surface area contributed by atoms with Gasteiger partial charge < -0.3 is 9.80 Å². The maximum absolute atomic E-state index is 13.7. The summed E-state index contributed by atoms with van der Waals surface area (Å²) in [5.41, 5.74) is 1.51. The topological polar surface area (TPSA) is 66.4 Å². The third-order valence-electron chi connectivity index (χ3n) is 7.87. The second kappa shape index (κ2) is 7.74. The number of carbonyl (C=O) groups is 2. The van der Waals surface area contributed by atoms with Gasteiger partial charge in [-0.1, -0.05) is 50.1 Å². The SMILES string of the molecule is CC(=O)N1[C@@H](Cc2ccccc2)[C@@H]2C[C@@]3(C)[C@H](CCCC[C@@H]13)N2C(=O)c1cnccn1. The minimum absolute atomic E-state index is 0.0111. The summed E-state index contributed by atoms with van der Waals surface area (Å²) in [6.45, 7) is 4.00. The molecular formula is C25H30N4O2. The Morgan fingerprint density at radius 1 is 1.06 bits per heavy atom. The maximum Gasteiger partial charge on any atom is 0.274 e. The number of carbonyl (C=O) groups excluding carboxylic acids is 2. The summed E-state index contributed by atoms with van der Waals surface area (Å²) in [5.74, 6) is 0.0762. The van der Waals surface area contributed by atoms with Gasteiger partial charge in [-0.2, -0.15) is 0 Å². The van der Waals surface area contributed by atoms with Crippen LogP contribution < -0.4 is 0 Å². The van der Waals surface area contributed by atoms with Crippen LogP contribution in [-0.2, 0) is 11.2 Å². The molecule has 1 aromatic heterocycles. The lowest BCUT2D eigenvalue weighted by molar-refractivity contribution is -0.141. The molecule has 31 heavy (non-hydrogen) atoms. The second-order valence-corrected chi connectivity index (χ2v) is 9.58. The number of nitrogens with zero attached hydrogens (tertiary/aromatic N) is 4. The van der Waals surface area contributed by atoms with Crippen LogP contribution in [0.5, 0.6) is 0 Å². The number of amides is 2. The van der Waals surface area contributed by atoms with Crippen LogP contribution in [0.2, 0.25) is 0 Å². The van der Waals surface area contributed by atoms with E-state index < -0.39 is 0 Å². The van der Waals surface area contributed by atoms with E-state index in [1.54, 1.807) is 25.5 Å². The molecule has 3 aliphatic rings. The van der Waals surface area contributed by atoms with Gasteiger partial charge in [-0.05, 0) is 31.2 Å². The van der Waals surface area contributed by atoms with Crippen molar-refractivity contribution in [1.82, 2.24) is 19.8 Å². The number of fused-ring (bicyclic) bond motifs is 1. The Balaban J connectivity index is 1.61. The van der Waals surface area contributed by atoms with Crippen molar-refractivity contribution in [3.8, 4) is 0 Å².